The molecule has 0 aliphatic carbocycles. The number of nitrogens with zero attached hydrogens (tertiary/aromatic N) is 1. The average Bonchev–Trinajstić information content (AvgIpc) is 2.42. The first-order chi connectivity index (χ1) is 9.52. The van der Waals surface area contributed by atoms with Gasteiger partial charge in [0.05, 0.1) is 16.9 Å². The van der Waals surface area contributed by atoms with Crippen molar-refractivity contribution in [2.75, 3.05) is 5.73 Å². The molecule has 0 bridgehead atoms. The van der Waals surface area contributed by atoms with Gasteiger partial charge in [-0.2, -0.15) is 0 Å². The van der Waals surface area contributed by atoms with Crippen LogP contribution >= 0.6 is 0 Å². The third kappa shape index (κ3) is 2.71. The highest BCUT2D eigenvalue weighted by molar-refractivity contribution is 5.99. The number of aromatic nitrogens is 1. The van der Waals surface area contributed by atoms with Crippen LogP contribution in [0.25, 0.3) is 0 Å². The molecule has 1 heterocycles. The van der Waals surface area contributed by atoms with Gasteiger partial charge in [-0.15, -0.1) is 0 Å². The number of benzene rings is 1. The first-order valence-corrected chi connectivity index (χ1v) is 6.35. The van der Waals surface area contributed by atoms with Crippen LogP contribution in [0.15, 0.2) is 30.3 Å². The van der Waals surface area contributed by atoms with Crippen LogP contribution in [0.5, 0.6) is 11.5 Å². The molecule has 0 saturated carbocycles. The molecule has 1 aromatic heterocycles. The fraction of sp³-hybridized carbons (Fsp3) is 0.200. The molecule has 0 aliphatic rings. The second-order valence-corrected chi connectivity index (χ2v) is 4.43. The molecule has 104 valence electrons. The van der Waals surface area contributed by atoms with E-state index >= 15 is 0 Å². The molecule has 2 rings (SSSR count). The van der Waals surface area contributed by atoms with Crippen LogP contribution in [0.4, 0.5) is 5.69 Å². The van der Waals surface area contributed by atoms with Gasteiger partial charge in [0, 0.05) is 5.69 Å². The zero-order valence-corrected chi connectivity index (χ0v) is 11.5. The molecule has 4 N–H and O–H groups in total. The number of anilines is 1. The molecule has 2 aromatic rings. The summed E-state index contributed by atoms with van der Waals surface area (Å²) >= 11 is 0. The van der Waals surface area contributed by atoms with E-state index in [1.54, 1.807) is 18.2 Å². The van der Waals surface area contributed by atoms with Crippen molar-refractivity contribution in [3.63, 3.8) is 0 Å². The molecule has 5 nitrogen and oxygen atoms in total. The maximum absolute atomic E-state index is 11.3. The second kappa shape index (κ2) is 5.61. The number of ether oxygens (including phenoxy) is 1. The van der Waals surface area contributed by atoms with E-state index in [1.165, 1.54) is 0 Å². The van der Waals surface area contributed by atoms with Gasteiger partial charge in [0.15, 0.2) is 5.75 Å². The molecule has 0 atom stereocenters. The Morgan fingerprint density at radius 1 is 1.25 bits per heavy atom. The summed E-state index contributed by atoms with van der Waals surface area (Å²) < 4.78 is 5.78. The number of hydrogen-bond donors (Lipinski definition) is 2. The predicted molar refractivity (Wildman–Crippen MR) is 77.8 cm³/mol. The summed E-state index contributed by atoms with van der Waals surface area (Å²) in [7, 11) is 0. The Kier molecular flexibility index (Phi) is 3.89. The minimum absolute atomic E-state index is 0.239. The summed E-state index contributed by atoms with van der Waals surface area (Å²) in [5.74, 6) is 0.457. The number of para-hydroxylation sites is 1. The Morgan fingerprint density at radius 2 is 2.00 bits per heavy atom. The zero-order valence-electron chi connectivity index (χ0n) is 11.5. The predicted octanol–water partition coefficient (Wildman–Crippen LogP) is 2.43. The first-order valence-electron chi connectivity index (χ1n) is 6.35. The standard InChI is InChI=1S/C15H17N3O2/c1-3-11-12(8-7-9(2)18-11)20-13-6-4-5-10(14(13)16)15(17)19/h4-8H,3,16H2,1-2H3,(H2,17,19). The van der Waals surface area contributed by atoms with Crippen molar-refractivity contribution in [2.24, 2.45) is 5.73 Å². The van der Waals surface area contributed by atoms with Gasteiger partial charge in [0.25, 0.3) is 5.91 Å². The summed E-state index contributed by atoms with van der Waals surface area (Å²) in [5.41, 5.74) is 13.4. The van der Waals surface area contributed by atoms with E-state index in [4.69, 9.17) is 16.2 Å². The van der Waals surface area contributed by atoms with Crippen molar-refractivity contribution in [3.05, 3.63) is 47.3 Å². The first kappa shape index (κ1) is 13.9. The Balaban J connectivity index is 2.40. The summed E-state index contributed by atoms with van der Waals surface area (Å²) in [6, 6.07) is 8.65. The van der Waals surface area contributed by atoms with Gasteiger partial charge in [-0.1, -0.05) is 13.0 Å². The highest BCUT2D eigenvalue weighted by Gasteiger charge is 2.12. The zero-order chi connectivity index (χ0) is 14.7. The van der Waals surface area contributed by atoms with E-state index in [0.29, 0.717) is 11.5 Å². The van der Waals surface area contributed by atoms with Gasteiger partial charge in [-0.25, -0.2) is 0 Å². The lowest BCUT2D eigenvalue weighted by atomic mass is 10.1. The number of pyridine rings is 1. The van der Waals surface area contributed by atoms with Crippen LogP contribution in [0.1, 0.15) is 28.7 Å². The number of primary amides is 1. The lowest BCUT2D eigenvalue weighted by Gasteiger charge is -2.13. The molecule has 5 heteroatoms. The normalized spacial score (nSPS) is 10.3. The van der Waals surface area contributed by atoms with E-state index in [0.717, 1.165) is 17.8 Å². The Bertz CT molecular complexity index is 654. The van der Waals surface area contributed by atoms with E-state index in [9.17, 15) is 4.79 Å². The summed E-state index contributed by atoms with van der Waals surface area (Å²) in [5, 5.41) is 0. The lowest BCUT2D eigenvalue weighted by molar-refractivity contribution is 0.100. The number of carbonyl (C=O) groups is 1. The summed E-state index contributed by atoms with van der Waals surface area (Å²) in [6.45, 7) is 3.92. The number of nitrogens with two attached hydrogens (primary N) is 2. The van der Waals surface area contributed by atoms with Crippen molar-refractivity contribution in [1.29, 1.82) is 0 Å². The molecule has 0 aliphatic heterocycles. The van der Waals surface area contributed by atoms with Crippen LogP contribution in [0.2, 0.25) is 0 Å². The van der Waals surface area contributed by atoms with E-state index in [-0.39, 0.29) is 11.3 Å². The van der Waals surface area contributed by atoms with Gasteiger partial charge in [-0.3, -0.25) is 9.78 Å². The molecule has 0 radical (unpaired) electrons. The van der Waals surface area contributed by atoms with Gasteiger partial charge in [0.2, 0.25) is 0 Å². The third-order valence-corrected chi connectivity index (χ3v) is 2.96. The van der Waals surface area contributed by atoms with Crippen molar-refractivity contribution < 1.29 is 9.53 Å². The minimum atomic E-state index is -0.578. The summed E-state index contributed by atoms with van der Waals surface area (Å²) in [4.78, 5) is 15.7. The maximum Gasteiger partial charge on any atom is 0.250 e. The smallest absolute Gasteiger partial charge is 0.250 e. The fourth-order valence-corrected chi connectivity index (χ4v) is 1.91. The van der Waals surface area contributed by atoms with Crippen LogP contribution in [-0.2, 0) is 6.42 Å². The van der Waals surface area contributed by atoms with Crippen molar-refractivity contribution in [2.45, 2.75) is 20.3 Å². The molecule has 0 saturated heterocycles. The minimum Gasteiger partial charge on any atom is -0.453 e. The highest BCUT2D eigenvalue weighted by atomic mass is 16.5. The Labute approximate surface area is 117 Å². The maximum atomic E-state index is 11.3. The molecule has 20 heavy (non-hydrogen) atoms. The number of rotatable bonds is 4. The highest BCUT2D eigenvalue weighted by Crippen LogP contribution is 2.31. The van der Waals surface area contributed by atoms with Crippen LogP contribution in [0.3, 0.4) is 0 Å². The molecule has 0 fully saturated rings. The summed E-state index contributed by atoms with van der Waals surface area (Å²) in [6.07, 6.45) is 0.742. The van der Waals surface area contributed by atoms with Crippen molar-refractivity contribution in [3.8, 4) is 11.5 Å². The molecule has 1 aromatic carbocycles. The lowest BCUT2D eigenvalue weighted by Crippen LogP contribution is -2.13. The van der Waals surface area contributed by atoms with Crippen LogP contribution in [0, 0.1) is 6.92 Å². The molecule has 0 unspecified atom stereocenters. The largest absolute Gasteiger partial charge is 0.453 e. The quantitative estimate of drug-likeness (QED) is 0.835. The van der Waals surface area contributed by atoms with E-state index in [2.05, 4.69) is 4.98 Å². The Morgan fingerprint density at radius 3 is 2.65 bits per heavy atom. The van der Waals surface area contributed by atoms with Crippen molar-refractivity contribution in [1.82, 2.24) is 4.98 Å². The number of amides is 1. The number of carbonyl (C=O) groups excluding carboxylic acids is 1. The number of aryl methyl sites for hydroxylation is 2. The number of nitrogen functional groups attached to an aromatic ring is 1. The monoisotopic (exact) mass is 271 g/mol. The van der Waals surface area contributed by atoms with Gasteiger partial charge < -0.3 is 16.2 Å². The second-order valence-electron chi connectivity index (χ2n) is 4.43. The molecule has 1 amide bonds. The van der Waals surface area contributed by atoms with Crippen LogP contribution < -0.4 is 16.2 Å². The Hall–Kier alpha value is -2.56. The fourth-order valence-electron chi connectivity index (χ4n) is 1.91. The van der Waals surface area contributed by atoms with Gasteiger partial charge >= 0.3 is 0 Å². The van der Waals surface area contributed by atoms with Gasteiger partial charge in [-0.05, 0) is 37.6 Å². The average molecular weight is 271 g/mol. The number of hydrogen-bond acceptors (Lipinski definition) is 4. The van der Waals surface area contributed by atoms with Crippen molar-refractivity contribution >= 4 is 11.6 Å². The topological polar surface area (TPSA) is 91.2 Å². The SMILES string of the molecule is CCc1nc(C)ccc1Oc1cccc(C(N)=O)c1N. The third-order valence-electron chi connectivity index (χ3n) is 2.96. The molecular weight excluding hydrogens is 254 g/mol. The van der Waals surface area contributed by atoms with Gasteiger partial charge in [0.1, 0.15) is 5.75 Å². The van der Waals surface area contributed by atoms with E-state index in [1.807, 2.05) is 26.0 Å². The molecular formula is C15H17N3O2. The van der Waals surface area contributed by atoms with Crippen LogP contribution in [-0.4, -0.2) is 10.9 Å². The molecule has 0 spiro atoms. The van der Waals surface area contributed by atoms with E-state index < -0.39 is 5.91 Å².